The Hall–Kier alpha value is -1.62. The van der Waals surface area contributed by atoms with Crippen molar-refractivity contribution in [1.29, 1.82) is 0 Å². The third-order valence-corrected chi connectivity index (χ3v) is 3.12. The molecule has 0 heterocycles. The van der Waals surface area contributed by atoms with Crippen molar-refractivity contribution in [2.75, 3.05) is 45.9 Å². The Morgan fingerprint density at radius 1 is 1.10 bits per heavy atom. The number of methoxy groups -OCH3 is 2. The second-order valence-electron chi connectivity index (χ2n) is 4.53. The average Bonchev–Trinajstić information content (AvgIpc) is 2.47. The van der Waals surface area contributed by atoms with Gasteiger partial charge in [-0.05, 0) is 26.3 Å². The molecule has 1 rings (SSSR count). The lowest BCUT2D eigenvalue weighted by molar-refractivity contribution is 0.288. The van der Waals surface area contributed by atoms with E-state index in [9.17, 15) is 0 Å². The number of nitrogens with two attached hydrogens (primary N) is 1. The van der Waals surface area contributed by atoms with Crippen molar-refractivity contribution in [2.45, 2.75) is 19.8 Å². The molecule has 0 saturated carbocycles. The Morgan fingerprint density at radius 2 is 1.70 bits per heavy atom. The molecule has 20 heavy (non-hydrogen) atoms. The molecule has 0 spiro atoms. The highest BCUT2D eigenvalue weighted by molar-refractivity contribution is 5.63. The van der Waals surface area contributed by atoms with E-state index >= 15 is 0 Å². The number of benzene rings is 1. The summed E-state index contributed by atoms with van der Waals surface area (Å²) in [6.07, 6.45) is 2.08. The molecular weight excluding hydrogens is 256 g/mol. The first-order valence-electron chi connectivity index (χ1n) is 6.97. The van der Waals surface area contributed by atoms with Crippen LogP contribution in [0.15, 0.2) is 12.1 Å². The molecule has 2 N–H and O–H groups in total. The summed E-state index contributed by atoms with van der Waals surface area (Å²) in [4.78, 5) is 2.16. The van der Waals surface area contributed by atoms with Crippen LogP contribution in [-0.4, -0.2) is 41.0 Å². The van der Waals surface area contributed by atoms with E-state index in [0.29, 0.717) is 23.9 Å². The highest BCUT2D eigenvalue weighted by Crippen LogP contribution is 2.41. The van der Waals surface area contributed by atoms with Gasteiger partial charge in [-0.15, -0.1) is 0 Å². The van der Waals surface area contributed by atoms with Crippen molar-refractivity contribution in [1.82, 2.24) is 0 Å². The lowest BCUT2D eigenvalue weighted by atomic mass is 10.2. The quantitative estimate of drug-likeness (QED) is 0.704. The molecular formula is C15H26N2O3. The van der Waals surface area contributed by atoms with Gasteiger partial charge >= 0.3 is 0 Å². The van der Waals surface area contributed by atoms with Crippen LogP contribution in [-0.2, 0) is 0 Å². The summed E-state index contributed by atoms with van der Waals surface area (Å²) in [6, 6.07) is 3.94. The van der Waals surface area contributed by atoms with Gasteiger partial charge in [-0.2, -0.15) is 0 Å². The molecule has 5 nitrogen and oxygen atoms in total. The standard InChI is InChI=1S/C15H26N2O3/c1-5-20-15-13(18-3)10-12(11-14(15)19-4)17(2)9-7-6-8-16/h10-11H,5-9,16H2,1-4H3. The SMILES string of the molecule is CCOc1c(OC)cc(N(C)CCCCN)cc1OC. The van der Waals surface area contributed by atoms with E-state index in [1.165, 1.54) is 0 Å². The third-order valence-electron chi connectivity index (χ3n) is 3.12. The largest absolute Gasteiger partial charge is 0.493 e. The minimum absolute atomic E-state index is 0.568. The highest BCUT2D eigenvalue weighted by atomic mass is 16.5. The van der Waals surface area contributed by atoms with Crippen molar-refractivity contribution < 1.29 is 14.2 Å². The van der Waals surface area contributed by atoms with E-state index in [0.717, 1.165) is 31.6 Å². The van der Waals surface area contributed by atoms with Crippen LogP contribution in [0.2, 0.25) is 0 Å². The molecule has 5 heteroatoms. The Balaban J connectivity index is 2.97. The van der Waals surface area contributed by atoms with Crippen molar-refractivity contribution in [2.24, 2.45) is 5.73 Å². The predicted molar refractivity (Wildman–Crippen MR) is 82.3 cm³/mol. The minimum atomic E-state index is 0.568. The number of rotatable bonds is 9. The maximum atomic E-state index is 5.60. The van der Waals surface area contributed by atoms with Crippen molar-refractivity contribution >= 4 is 5.69 Å². The van der Waals surface area contributed by atoms with Gasteiger partial charge in [0.1, 0.15) is 0 Å². The molecule has 1 aromatic rings. The van der Waals surface area contributed by atoms with E-state index < -0.39 is 0 Å². The fraction of sp³-hybridized carbons (Fsp3) is 0.600. The van der Waals surface area contributed by atoms with Crippen LogP contribution >= 0.6 is 0 Å². The summed E-state index contributed by atoms with van der Waals surface area (Å²) in [6.45, 7) is 4.17. The fourth-order valence-electron chi connectivity index (χ4n) is 2.00. The van der Waals surface area contributed by atoms with E-state index in [1.807, 2.05) is 26.1 Å². The van der Waals surface area contributed by atoms with Crippen LogP contribution in [0.5, 0.6) is 17.2 Å². The zero-order valence-electron chi connectivity index (χ0n) is 12.9. The molecule has 0 saturated heterocycles. The maximum Gasteiger partial charge on any atom is 0.203 e. The first-order chi connectivity index (χ1) is 9.67. The molecule has 0 fully saturated rings. The molecule has 0 amide bonds. The van der Waals surface area contributed by atoms with Gasteiger partial charge < -0.3 is 24.8 Å². The first-order valence-corrected chi connectivity index (χ1v) is 6.97. The van der Waals surface area contributed by atoms with Gasteiger partial charge in [0, 0.05) is 31.4 Å². The number of hydrogen-bond acceptors (Lipinski definition) is 5. The number of unbranched alkanes of at least 4 members (excludes halogenated alkanes) is 1. The number of anilines is 1. The highest BCUT2D eigenvalue weighted by Gasteiger charge is 2.15. The van der Waals surface area contributed by atoms with Gasteiger partial charge in [0.15, 0.2) is 11.5 Å². The van der Waals surface area contributed by atoms with Crippen LogP contribution in [0.3, 0.4) is 0 Å². The molecule has 0 aliphatic carbocycles. The van der Waals surface area contributed by atoms with Gasteiger partial charge in [-0.3, -0.25) is 0 Å². The van der Waals surface area contributed by atoms with Crippen LogP contribution in [0, 0.1) is 0 Å². The smallest absolute Gasteiger partial charge is 0.203 e. The van der Waals surface area contributed by atoms with Crippen LogP contribution in [0.1, 0.15) is 19.8 Å². The summed E-state index contributed by atoms with van der Waals surface area (Å²) < 4.78 is 16.4. The van der Waals surface area contributed by atoms with E-state index in [4.69, 9.17) is 19.9 Å². The summed E-state index contributed by atoms with van der Waals surface area (Å²) >= 11 is 0. The molecule has 0 aliphatic heterocycles. The molecule has 114 valence electrons. The number of nitrogens with zero attached hydrogens (tertiary/aromatic N) is 1. The van der Waals surface area contributed by atoms with Crippen molar-refractivity contribution in [3.8, 4) is 17.2 Å². The molecule has 0 aromatic heterocycles. The Morgan fingerprint density at radius 3 is 2.15 bits per heavy atom. The molecule has 0 bridgehead atoms. The minimum Gasteiger partial charge on any atom is -0.493 e. The molecule has 0 aliphatic rings. The van der Waals surface area contributed by atoms with E-state index in [2.05, 4.69) is 4.90 Å². The Labute approximate surface area is 121 Å². The first kappa shape index (κ1) is 16.4. The van der Waals surface area contributed by atoms with Gasteiger partial charge in [0.2, 0.25) is 5.75 Å². The van der Waals surface area contributed by atoms with Gasteiger partial charge in [-0.1, -0.05) is 0 Å². The topological polar surface area (TPSA) is 57.0 Å². The summed E-state index contributed by atoms with van der Waals surface area (Å²) in [7, 11) is 5.32. The summed E-state index contributed by atoms with van der Waals surface area (Å²) in [5, 5.41) is 0. The lowest BCUT2D eigenvalue weighted by Gasteiger charge is -2.22. The zero-order chi connectivity index (χ0) is 15.0. The van der Waals surface area contributed by atoms with Gasteiger partial charge in [-0.25, -0.2) is 0 Å². The van der Waals surface area contributed by atoms with E-state index in [-0.39, 0.29) is 0 Å². The predicted octanol–water partition coefficient (Wildman–Crippen LogP) is 2.28. The monoisotopic (exact) mass is 282 g/mol. The second kappa shape index (κ2) is 8.53. The van der Waals surface area contributed by atoms with Crippen LogP contribution in [0.25, 0.3) is 0 Å². The third kappa shape index (κ3) is 4.20. The Kier molecular flexibility index (Phi) is 7.01. The maximum absolute atomic E-state index is 5.60. The lowest BCUT2D eigenvalue weighted by Crippen LogP contribution is -2.19. The van der Waals surface area contributed by atoms with Gasteiger partial charge in [0.05, 0.1) is 20.8 Å². The normalized spacial score (nSPS) is 10.2. The summed E-state index contributed by atoms with van der Waals surface area (Å²) in [5.41, 5.74) is 6.56. The average molecular weight is 282 g/mol. The zero-order valence-corrected chi connectivity index (χ0v) is 12.9. The van der Waals surface area contributed by atoms with Gasteiger partial charge in [0.25, 0.3) is 0 Å². The number of hydrogen-bond donors (Lipinski definition) is 1. The molecule has 1 aromatic carbocycles. The molecule has 0 atom stereocenters. The van der Waals surface area contributed by atoms with Crippen LogP contribution < -0.4 is 24.8 Å². The second-order valence-corrected chi connectivity index (χ2v) is 4.53. The van der Waals surface area contributed by atoms with Crippen molar-refractivity contribution in [3.05, 3.63) is 12.1 Å². The fourth-order valence-corrected chi connectivity index (χ4v) is 2.00. The van der Waals surface area contributed by atoms with Crippen molar-refractivity contribution in [3.63, 3.8) is 0 Å². The Bertz CT molecular complexity index is 385. The number of ether oxygens (including phenoxy) is 3. The van der Waals surface area contributed by atoms with Crippen LogP contribution in [0.4, 0.5) is 5.69 Å². The molecule has 0 unspecified atom stereocenters. The molecule has 0 radical (unpaired) electrons. The van der Waals surface area contributed by atoms with E-state index in [1.54, 1.807) is 14.2 Å². The summed E-state index contributed by atoms with van der Waals surface area (Å²) in [5.74, 6) is 2.02.